The van der Waals surface area contributed by atoms with Gasteiger partial charge in [-0.1, -0.05) is 0 Å². The fourth-order valence-corrected chi connectivity index (χ4v) is 6.11. The van der Waals surface area contributed by atoms with Gasteiger partial charge in [0.05, 0.1) is 5.69 Å². The van der Waals surface area contributed by atoms with Crippen molar-refractivity contribution < 1.29 is 14.4 Å². The lowest BCUT2D eigenvalue weighted by Crippen LogP contribution is -2.61. The Morgan fingerprint density at radius 3 is 2.08 bits per heavy atom. The highest BCUT2D eigenvalue weighted by Gasteiger charge is 2.60. The number of ketones is 1. The van der Waals surface area contributed by atoms with Gasteiger partial charge in [0.2, 0.25) is 5.78 Å². The van der Waals surface area contributed by atoms with E-state index in [9.17, 15) is 14.4 Å². The van der Waals surface area contributed by atoms with Gasteiger partial charge < -0.3 is 42.8 Å². The van der Waals surface area contributed by atoms with Gasteiger partial charge in [0, 0.05) is 46.3 Å². The van der Waals surface area contributed by atoms with Crippen LogP contribution in [-0.2, 0) is 0 Å². The lowest BCUT2D eigenvalue weighted by atomic mass is 9.50. The number of nitrogen functional groups attached to an aromatic ring is 1. The number of H-pyrrole nitrogens is 3. The first kappa shape index (κ1) is 25.1. The number of nitrogens with two attached hydrogens (primary N) is 3. The van der Waals surface area contributed by atoms with Crippen LogP contribution in [0.3, 0.4) is 0 Å². The molecule has 3 heterocycles. The average molecular weight is 636 g/mol. The normalized spacial score (nSPS) is 23.9. The van der Waals surface area contributed by atoms with Crippen molar-refractivity contribution in [3.05, 3.63) is 56.2 Å². The second kappa shape index (κ2) is 9.70. The molecule has 11 N–H and O–H groups in total. The number of anilines is 1. The first-order chi connectivity index (χ1) is 17.6. The lowest BCUT2D eigenvalue weighted by Gasteiger charge is -2.55. The van der Waals surface area contributed by atoms with Crippen LogP contribution in [0.2, 0.25) is 0 Å². The summed E-state index contributed by atoms with van der Waals surface area (Å²) in [6, 6.07) is 2.45. The highest BCUT2D eigenvalue weighted by atomic mass is 79.9. The number of carbonyl (C=O) groups is 3. The van der Waals surface area contributed by atoms with Crippen molar-refractivity contribution in [1.29, 1.82) is 0 Å². The van der Waals surface area contributed by atoms with Gasteiger partial charge in [-0.3, -0.25) is 14.4 Å². The molecule has 1 fully saturated rings. The van der Waals surface area contributed by atoms with Crippen LogP contribution in [0.5, 0.6) is 0 Å². The number of fused-ring (bicyclic) bond motifs is 3. The zero-order valence-corrected chi connectivity index (χ0v) is 22.4. The number of Topliss-reactive ketones (excluding diaryl/α,β-unsaturated/α-hetero) is 1. The number of aromatic amines is 3. The quantitative estimate of drug-likeness (QED) is 0.138. The SMILES string of the molecule is NC(N)=NC1C(=O)c2nc(N)[nH]c2C2C(CNC(=O)c3cc(Br)c[nH]3)C(CNC(=O)c3cc(Br)c[nH]3)C12. The molecular formula is C22H24Br2N10O3. The Morgan fingerprint density at radius 2 is 1.57 bits per heavy atom. The van der Waals surface area contributed by atoms with E-state index in [2.05, 4.69) is 67.4 Å². The smallest absolute Gasteiger partial charge is 0.267 e. The maximum absolute atomic E-state index is 13.3. The van der Waals surface area contributed by atoms with E-state index >= 15 is 0 Å². The number of halogens is 2. The minimum atomic E-state index is -0.891. The Bertz CT molecular complexity index is 1400. The zero-order valence-electron chi connectivity index (χ0n) is 19.2. The molecule has 1 saturated carbocycles. The van der Waals surface area contributed by atoms with Crippen LogP contribution in [0.15, 0.2) is 38.5 Å². The predicted octanol–water partition coefficient (Wildman–Crippen LogP) is 0.817. The van der Waals surface area contributed by atoms with Gasteiger partial charge in [0.15, 0.2) is 11.9 Å². The molecule has 0 bridgehead atoms. The summed E-state index contributed by atoms with van der Waals surface area (Å²) in [6.45, 7) is 0.500. The summed E-state index contributed by atoms with van der Waals surface area (Å²) in [6.07, 6.45) is 3.32. The number of guanidine groups is 1. The van der Waals surface area contributed by atoms with Gasteiger partial charge >= 0.3 is 0 Å². The maximum atomic E-state index is 13.3. The molecular weight excluding hydrogens is 612 g/mol. The molecule has 13 nitrogen and oxygen atoms in total. The molecule has 0 radical (unpaired) electrons. The van der Waals surface area contributed by atoms with Crippen molar-refractivity contribution in [1.82, 2.24) is 30.6 Å². The summed E-state index contributed by atoms with van der Waals surface area (Å²) in [4.78, 5) is 56.0. The highest BCUT2D eigenvalue weighted by Crippen LogP contribution is 2.57. The van der Waals surface area contributed by atoms with Crippen LogP contribution in [-0.4, -0.2) is 62.6 Å². The minimum Gasteiger partial charge on any atom is -0.370 e. The van der Waals surface area contributed by atoms with Crippen LogP contribution >= 0.6 is 31.9 Å². The third-order valence-corrected chi connectivity index (χ3v) is 7.86. The van der Waals surface area contributed by atoms with Crippen molar-refractivity contribution in [3.63, 3.8) is 0 Å². The number of amides is 2. The molecule has 0 spiro atoms. The van der Waals surface area contributed by atoms with Gasteiger partial charge in [-0.2, -0.15) is 0 Å². The van der Waals surface area contributed by atoms with E-state index in [1.807, 2.05) is 0 Å². The highest BCUT2D eigenvalue weighted by molar-refractivity contribution is 9.10. The number of aromatic nitrogens is 4. The average Bonchev–Trinajstić information content (AvgIpc) is 3.56. The number of hydrogen-bond acceptors (Lipinski definition) is 6. The van der Waals surface area contributed by atoms with Crippen molar-refractivity contribution in [2.75, 3.05) is 18.8 Å². The van der Waals surface area contributed by atoms with Gasteiger partial charge in [-0.25, -0.2) is 9.98 Å². The number of carbonyl (C=O) groups excluding carboxylic acids is 3. The lowest BCUT2D eigenvalue weighted by molar-refractivity contribution is 0.00694. The van der Waals surface area contributed by atoms with Crippen molar-refractivity contribution in [3.8, 4) is 0 Å². The third kappa shape index (κ3) is 4.64. The molecule has 2 amide bonds. The molecule has 5 atom stereocenters. The Hall–Kier alpha value is -3.59. The van der Waals surface area contributed by atoms with Crippen LogP contribution in [0.1, 0.15) is 43.1 Å². The largest absolute Gasteiger partial charge is 0.370 e. The number of hydrogen-bond donors (Lipinski definition) is 8. The maximum Gasteiger partial charge on any atom is 0.267 e. The fourth-order valence-electron chi connectivity index (χ4n) is 5.43. The molecule has 5 rings (SSSR count). The van der Waals surface area contributed by atoms with Crippen molar-refractivity contribution >= 4 is 61.4 Å². The molecule has 2 aliphatic carbocycles. The molecule has 0 saturated heterocycles. The van der Waals surface area contributed by atoms with Crippen LogP contribution in [0.4, 0.5) is 5.95 Å². The second-order valence-electron chi connectivity index (χ2n) is 9.06. The van der Waals surface area contributed by atoms with E-state index in [4.69, 9.17) is 17.2 Å². The van der Waals surface area contributed by atoms with E-state index in [0.29, 0.717) is 17.1 Å². The molecule has 3 aromatic rings. The summed E-state index contributed by atoms with van der Waals surface area (Å²) in [5, 5.41) is 5.88. The standard InChI is InChI=1S/C22H24Br2N10O3/c23-7-1-11(28-3-7)19(36)30-5-9-10(6-31-20(37)12-2-8(24)4-29-12)14-13(9)15-17(34-22(27)33-15)18(35)16(14)32-21(25)26/h1-4,9-10,13-14,16,28-29H,5-6H2,(H,30,36)(H,31,37)(H4,25,26,32)(H3,27,33,34). The van der Waals surface area contributed by atoms with Crippen LogP contribution < -0.4 is 27.8 Å². The summed E-state index contributed by atoms with van der Waals surface area (Å²) < 4.78 is 1.49. The molecule has 194 valence electrons. The summed E-state index contributed by atoms with van der Waals surface area (Å²) in [5.41, 5.74) is 18.8. The summed E-state index contributed by atoms with van der Waals surface area (Å²) in [5.74, 6) is -2.06. The monoisotopic (exact) mass is 634 g/mol. The molecule has 37 heavy (non-hydrogen) atoms. The number of rotatable bonds is 7. The van der Waals surface area contributed by atoms with E-state index in [1.165, 1.54) is 0 Å². The predicted molar refractivity (Wildman–Crippen MR) is 142 cm³/mol. The number of nitrogens with one attached hydrogen (secondary N) is 5. The van der Waals surface area contributed by atoms with Crippen LogP contribution in [0, 0.1) is 17.8 Å². The number of imidazole rings is 1. The molecule has 5 unspecified atom stereocenters. The van der Waals surface area contributed by atoms with Gasteiger partial charge in [0.1, 0.15) is 23.1 Å². The topological polar surface area (TPSA) is 226 Å². The van der Waals surface area contributed by atoms with Crippen molar-refractivity contribution in [2.24, 2.45) is 34.2 Å². The number of nitrogens with zero attached hydrogens (tertiary/aromatic N) is 2. The third-order valence-electron chi connectivity index (χ3n) is 6.94. The molecule has 3 aromatic heterocycles. The first-order valence-electron chi connectivity index (χ1n) is 11.4. The summed E-state index contributed by atoms with van der Waals surface area (Å²) >= 11 is 6.64. The molecule has 0 aliphatic heterocycles. The Morgan fingerprint density at radius 1 is 1.00 bits per heavy atom. The summed E-state index contributed by atoms with van der Waals surface area (Å²) in [7, 11) is 0. The van der Waals surface area contributed by atoms with E-state index in [1.54, 1.807) is 24.5 Å². The van der Waals surface area contributed by atoms with E-state index in [0.717, 1.165) is 8.95 Å². The molecule has 0 aromatic carbocycles. The molecule has 2 aliphatic rings. The fraction of sp³-hybridized carbons (Fsp3) is 0.318. The number of aliphatic imine (C=N–C) groups is 1. The minimum absolute atomic E-state index is 0.107. The van der Waals surface area contributed by atoms with Gasteiger partial charge in [-0.15, -0.1) is 0 Å². The molecule has 15 heteroatoms. The Labute approximate surface area is 227 Å². The van der Waals surface area contributed by atoms with Gasteiger partial charge in [0.25, 0.3) is 11.8 Å². The zero-order chi connectivity index (χ0) is 26.4. The Kier molecular flexibility index (Phi) is 6.58. The van der Waals surface area contributed by atoms with E-state index < -0.39 is 6.04 Å². The van der Waals surface area contributed by atoms with E-state index in [-0.39, 0.29) is 72.0 Å². The van der Waals surface area contributed by atoms with Gasteiger partial charge in [-0.05, 0) is 55.8 Å². The first-order valence-corrected chi connectivity index (χ1v) is 12.9. The second-order valence-corrected chi connectivity index (χ2v) is 10.9. The van der Waals surface area contributed by atoms with Crippen LogP contribution in [0.25, 0.3) is 0 Å². The van der Waals surface area contributed by atoms with Crippen molar-refractivity contribution in [2.45, 2.75) is 12.0 Å². The Balaban J connectivity index is 1.43.